The number of halogens is 5. The van der Waals surface area contributed by atoms with E-state index in [9.17, 15) is 27.9 Å². The van der Waals surface area contributed by atoms with Crippen molar-refractivity contribution in [3.63, 3.8) is 0 Å². The number of carbonyl (C=O) groups is 2. The van der Waals surface area contributed by atoms with Gasteiger partial charge in [-0.25, -0.2) is 4.39 Å². The molecule has 2 aliphatic heterocycles. The first-order valence-corrected chi connectivity index (χ1v) is 13.6. The highest BCUT2D eigenvalue weighted by molar-refractivity contribution is 6.30. The number of hydrogen-bond donors (Lipinski definition) is 0. The van der Waals surface area contributed by atoms with Crippen LogP contribution >= 0.6 is 11.6 Å². The molecular formula is C28H28ClF4N2O5-. The monoisotopic (exact) mass is 583 g/mol. The molecule has 0 radical (unpaired) electrons. The van der Waals surface area contributed by atoms with Crippen LogP contribution in [0.5, 0.6) is 11.5 Å². The number of hydrogen-bond acceptors (Lipinski definition) is 6. The number of carboxylic acids is 1. The van der Waals surface area contributed by atoms with E-state index in [1.165, 1.54) is 17.0 Å². The first-order chi connectivity index (χ1) is 19.0. The molecule has 1 aliphatic carbocycles. The minimum Gasteiger partial charge on any atom is -0.548 e. The van der Waals surface area contributed by atoms with Gasteiger partial charge in [0.05, 0.1) is 17.6 Å². The van der Waals surface area contributed by atoms with E-state index < -0.39 is 35.8 Å². The van der Waals surface area contributed by atoms with Crippen molar-refractivity contribution in [1.29, 1.82) is 0 Å². The summed E-state index contributed by atoms with van der Waals surface area (Å²) in [6.07, 6.45) is -1.20. The molecule has 2 heterocycles. The summed E-state index contributed by atoms with van der Waals surface area (Å²) >= 11 is 5.94. The Morgan fingerprint density at radius 3 is 2.33 bits per heavy atom. The molecular weight excluding hydrogens is 556 g/mol. The van der Waals surface area contributed by atoms with E-state index in [2.05, 4.69) is 9.64 Å². The third-order valence-corrected chi connectivity index (χ3v) is 7.79. The number of amides is 1. The highest BCUT2D eigenvalue weighted by atomic mass is 35.5. The van der Waals surface area contributed by atoms with Crippen LogP contribution in [-0.2, 0) is 11.3 Å². The van der Waals surface area contributed by atoms with Crippen molar-refractivity contribution in [1.82, 2.24) is 9.80 Å². The van der Waals surface area contributed by atoms with Gasteiger partial charge in [-0.3, -0.25) is 9.69 Å². The summed E-state index contributed by atoms with van der Waals surface area (Å²) in [5.74, 6) is -2.67. The lowest BCUT2D eigenvalue weighted by atomic mass is 9.97. The number of ether oxygens (including phenoxy) is 2. The van der Waals surface area contributed by atoms with Gasteiger partial charge in [-0.2, -0.15) is 0 Å². The Balaban J connectivity index is 1.23. The number of alkyl halides is 3. The van der Waals surface area contributed by atoms with E-state index in [-0.39, 0.29) is 34.9 Å². The van der Waals surface area contributed by atoms with Gasteiger partial charge in [0.1, 0.15) is 23.4 Å². The molecule has 1 atom stereocenters. The van der Waals surface area contributed by atoms with Crippen molar-refractivity contribution in [2.24, 2.45) is 0 Å². The number of aliphatic carboxylic acids is 1. The summed E-state index contributed by atoms with van der Waals surface area (Å²) in [7, 11) is 0. The molecule has 2 aromatic rings. The van der Waals surface area contributed by atoms with Gasteiger partial charge in [-0.05, 0) is 79.8 Å². The summed E-state index contributed by atoms with van der Waals surface area (Å²) in [4.78, 5) is 27.8. The molecule has 40 heavy (non-hydrogen) atoms. The average Bonchev–Trinajstić information content (AvgIpc) is 3.58. The van der Waals surface area contributed by atoms with E-state index in [0.29, 0.717) is 45.3 Å². The van der Waals surface area contributed by atoms with Gasteiger partial charge in [0, 0.05) is 37.3 Å². The summed E-state index contributed by atoms with van der Waals surface area (Å²) in [5.41, 5.74) is 1.59. The molecule has 1 saturated carbocycles. The molecule has 0 N–H and O–H groups in total. The molecule has 5 rings (SSSR count). The lowest BCUT2D eigenvalue weighted by Gasteiger charge is -2.33. The Bertz CT molecular complexity index is 1280. The molecule has 7 nitrogen and oxygen atoms in total. The average molecular weight is 584 g/mol. The Hall–Kier alpha value is -3.05. The predicted octanol–water partition coefficient (Wildman–Crippen LogP) is 4.65. The van der Waals surface area contributed by atoms with E-state index in [0.717, 1.165) is 36.1 Å². The molecule has 2 aromatic carbocycles. The van der Waals surface area contributed by atoms with Crippen LogP contribution in [0, 0.1) is 5.82 Å². The van der Waals surface area contributed by atoms with Crippen LogP contribution in [0.1, 0.15) is 65.9 Å². The Morgan fingerprint density at radius 2 is 1.68 bits per heavy atom. The van der Waals surface area contributed by atoms with Crippen molar-refractivity contribution >= 4 is 23.5 Å². The van der Waals surface area contributed by atoms with Gasteiger partial charge < -0.3 is 24.3 Å². The molecule has 1 unspecified atom stereocenters. The number of carbonyl (C=O) groups excluding carboxylic acids is 2. The summed E-state index contributed by atoms with van der Waals surface area (Å²) in [5, 5.41) is 11.5. The summed E-state index contributed by atoms with van der Waals surface area (Å²) in [6.45, 7) is 1.95. The minimum atomic E-state index is -4.84. The van der Waals surface area contributed by atoms with Gasteiger partial charge in [0.25, 0.3) is 5.91 Å². The maximum atomic E-state index is 15.2. The number of nitrogens with zero attached hydrogens (tertiary/aromatic N) is 2. The van der Waals surface area contributed by atoms with Crippen LogP contribution in [-0.4, -0.2) is 59.8 Å². The molecule has 1 amide bonds. The number of carboxylic acid groups (broad SMARTS) is 1. The maximum absolute atomic E-state index is 15.2. The topological polar surface area (TPSA) is 82.1 Å². The fraction of sp³-hybridized carbons (Fsp3) is 0.500. The van der Waals surface area contributed by atoms with Crippen LogP contribution in [0.3, 0.4) is 0 Å². The van der Waals surface area contributed by atoms with Gasteiger partial charge in [-0.15, -0.1) is 13.2 Å². The number of likely N-dealkylation sites (tertiary alicyclic amines) is 2. The van der Waals surface area contributed by atoms with Crippen molar-refractivity contribution in [2.45, 2.75) is 69.5 Å². The van der Waals surface area contributed by atoms with Crippen LogP contribution in [0.4, 0.5) is 17.6 Å². The minimum absolute atomic E-state index is 0.0608. The molecule has 12 heteroatoms. The first-order valence-electron chi connectivity index (χ1n) is 13.3. The third kappa shape index (κ3) is 6.80. The van der Waals surface area contributed by atoms with E-state index in [4.69, 9.17) is 16.3 Å². The second kappa shape index (κ2) is 11.4. The normalized spacial score (nSPS) is 20.5. The number of piperidine rings is 1. The van der Waals surface area contributed by atoms with Crippen LogP contribution in [0.2, 0.25) is 5.02 Å². The Labute approximate surface area is 233 Å². The molecule has 0 bridgehead atoms. The highest BCUT2D eigenvalue weighted by Crippen LogP contribution is 2.43. The van der Waals surface area contributed by atoms with Gasteiger partial charge in [0.15, 0.2) is 0 Å². The molecule has 0 spiro atoms. The van der Waals surface area contributed by atoms with Crippen LogP contribution in [0.25, 0.3) is 0 Å². The van der Waals surface area contributed by atoms with Gasteiger partial charge >= 0.3 is 6.36 Å². The van der Waals surface area contributed by atoms with Crippen LogP contribution < -0.4 is 14.6 Å². The SMILES string of the molecule is O=C([O-])C1CCCN1C(=O)c1cc(C2CC2)c(CN2CCC(Oc3cc(Cl)cc(OC(F)(F)F)c3)CC2)cc1F. The van der Waals surface area contributed by atoms with Crippen molar-refractivity contribution < 1.29 is 41.7 Å². The standard InChI is InChI=1S/C28H29ClF4N2O5/c29-18-11-20(13-21(12-18)40-28(31,32)33)39-19-5-8-34(9-6-19)15-17-10-24(30)23(14-22(17)16-3-4-16)26(36)35-7-1-2-25(35)27(37)38/h10-14,16,19,25H,1-9,15H2,(H,37,38)/p-1. The maximum Gasteiger partial charge on any atom is 0.573 e. The van der Waals surface area contributed by atoms with E-state index in [1.54, 1.807) is 6.07 Å². The van der Waals surface area contributed by atoms with E-state index in [1.807, 2.05) is 0 Å². The van der Waals surface area contributed by atoms with Crippen molar-refractivity contribution in [3.05, 3.63) is 57.9 Å². The third-order valence-electron chi connectivity index (χ3n) is 7.57. The molecule has 2 saturated heterocycles. The lowest BCUT2D eigenvalue weighted by molar-refractivity contribution is -0.310. The predicted molar refractivity (Wildman–Crippen MR) is 135 cm³/mol. The van der Waals surface area contributed by atoms with Crippen molar-refractivity contribution in [2.75, 3.05) is 19.6 Å². The zero-order valence-corrected chi connectivity index (χ0v) is 22.3. The second-order valence-electron chi connectivity index (χ2n) is 10.5. The largest absolute Gasteiger partial charge is 0.573 e. The number of rotatable bonds is 8. The summed E-state index contributed by atoms with van der Waals surface area (Å²) in [6, 6.07) is 5.58. The lowest BCUT2D eigenvalue weighted by Crippen LogP contribution is -2.47. The van der Waals surface area contributed by atoms with Crippen LogP contribution in [0.15, 0.2) is 30.3 Å². The zero-order chi connectivity index (χ0) is 28.6. The van der Waals surface area contributed by atoms with Gasteiger partial charge in [0.2, 0.25) is 0 Å². The van der Waals surface area contributed by atoms with Gasteiger partial charge in [-0.1, -0.05) is 11.6 Å². The fourth-order valence-corrected chi connectivity index (χ4v) is 5.75. The zero-order valence-electron chi connectivity index (χ0n) is 21.5. The number of benzene rings is 2. The quantitative estimate of drug-likeness (QED) is 0.421. The van der Waals surface area contributed by atoms with Crippen molar-refractivity contribution in [3.8, 4) is 11.5 Å². The molecule has 3 aliphatic rings. The Morgan fingerprint density at radius 1 is 0.975 bits per heavy atom. The first kappa shape index (κ1) is 28.5. The van der Waals surface area contributed by atoms with E-state index >= 15 is 4.39 Å². The fourth-order valence-electron chi connectivity index (χ4n) is 5.53. The highest BCUT2D eigenvalue weighted by Gasteiger charge is 2.35. The summed E-state index contributed by atoms with van der Waals surface area (Å²) < 4.78 is 62.8. The molecule has 3 fully saturated rings. The Kier molecular flexibility index (Phi) is 8.15. The second-order valence-corrected chi connectivity index (χ2v) is 11.0. The molecule has 216 valence electrons. The molecule has 0 aromatic heterocycles. The smallest absolute Gasteiger partial charge is 0.548 e.